The topological polar surface area (TPSA) is 49.8 Å². The molecule has 0 bridgehead atoms. The summed E-state index contributed by atoms with van der Waals surface area (Å²) >= 11 is 0. The van der Waals surface area contributed by atoms with Gasteiger partial charge in [0.2, 0.25) is 5.95 Å². The molecule has 0 fully saturated rings. The van der Waals surface area contributed by atoms with E-state index in [-0.39, 0.29) is 6.04 Å². The van der Waals surface area contributed by atoms with Gasteiger partial charge in [0.25, 0.3) is 0 Å². The zero-order valence-electron chi connectivity index (χ0n) is 16.4. The van der Waals surface area contributed by atoms with Gasteiger partial charge in [-0.05, 0) is 50.1 Å². The van der Waals surface area contributed by atoms with Gasteiger partial charge in [-0.15, -0.1) is 0 Å². The number of rotatable bonds is 5. The highest BCUT2D eigenvalue weighted by atomic mass is 15.2. The van der Waals surface area contributed by atoms with Crippen LogP contribution >= 0.6 is 0 Å². The van der Waals surface area contributed by atoms with Gasteiger partial charge in [-0.3, -0.25) is 0 Å². The summed E-state index contributed by atoms with van der Waals surface area (Å²) in [6, 6.07) is 24.9. The Bertz CT molecular complexity index is 1110. The third-order valence-corrected chi connectivity index (χ3v) is 4.88. The van der Waals surface area contributed by atoms with Crippen LogP contribution in [0.4, 0.5) is 17.5 Å². The molecular weight excluding hydrogens is 344 g/mol. The number of nitrogens with zero attached hydrogens (tertiary/aromatic N) is 2. The van der Waals surface area contributed by atoms with Crippen molar-refractivity contribution < 1.29 is 0 Å². The smallest absolute Gasteiger partial charge is 0.229 e. The summed E-state index contributed by atoms with van der Waals surface area (Å²) in [5.41, 5.74) is 5.55. The van der Waals surface area contributed by atoms with Crippen molar-refractivity contribution in [1.29, 1.82) is 0 Å². The average Bonchev–Trinajstić information content (AvgIpc) is 2.71. The number of hydrogen-bond donors (Lipinski definition) is 2. The minimum absolute atomic E-state index is 0.133. The summed E-state index contributed by atoms with van der Waals surface area (Å²) in [7, 11) is 0. The van der Waals surface area contributed by atoms with E-state index in [4.69, 9.17) is 9.97 Å². The summed E-state index contributed by atoms with van der Waals surface area (Å²) in [5, 5.41) is 7.95. The van der Waals surface area contributed by atoms with Crippen LogP contribution in [0, 0.1) is 13.8 Å². The number of aromatic nitrogens is 2. The molecule has 0 spiro atoms. The standard InChI is InChI=1S/C24H24N4/c1-16-13-14-21(17(2)15-16)26-24-27-22-12-8-7-11-20(22)23(28-24)25-18(3)19-9-5-4-6-10-19/h4-15,18H,1-3H3,(H2,25,26,27,28). The first-order valence-corrected chi connectivity index (χ1v) is 9.53. The molecule has 1 unspecified atom stereocenters. The van der Waals surface area contributed by atoms with E-state index < -0.39 is 0 Å². The lowest BCUT2D eigenvalue weighted by Gasteiger charge is -2.18. The normalized spacial score (nSPS) is 12.0. The number of aryl methyl sites for hydroxylation is 2. The molecule has 28 heavy (non-hydrogen) atoms. The van der Waals surface area contributed by atoms with Crippen LogP contribution in [0.3, 0.4) is 0 Å². The van der Waals surface area contributed by atoms with Crippen molar-refractivity contribution in [1.82, 2.24) is 9.97 Å². The molecule has 0 amide bonds. The highest BCUT2D eigenvalue weighted by Crippen LogP contribution is 2.27. The largest absolute Gasteiger partial charge is 0.363 e. The van der Waals surface area contributed by atoms with Crippen molar-refractivity contribution in [3.8, 4) is 0 Å². The van der Waals surface area contributed by atoms with Crippen LogP contribution in [0.5, 0.6) is 0 Å². The highest BCUT2D eigenvalue weighted by Gasteiger charge is 2.12. The molecule has 0 aliphatic rings. The number of para-hydroxylation sites is 1. The molecule has 4 heteroatoms. The molecule has 4 nitrogen and oxygen atoms in total. The maximum Gasteiger partial charge on any atom is 0.229 e. The molecule has 1 atom stereocenters. The van der Waals surface area contributed by atoms with Gasteiger partial charge in [-0.2, -0.15) is 4.98 Å². The first kappa shape index (κ1) is 18.0. The van der Waals surface area contributed by atoms with Crippen molar-refractivity contribution >= 4 is 28.4 Å². The van der Waals surface area contributed by atoms with Crippen LogP contribution in [0.1, 0.15) is 29.7 Å². The van der Waals surface area contributed by atoms with E-state index in [0.29, 0.717) is 5.95 Å². The predicted octanol–water partition coefficient (Wildman–Crippen LogP) is 6.16. The predicted molar refractivity (Wildman–Crippen MR) is 117 cm³/mol. The second-order valence-corrected chi connectivity index (χ2v) is 7.13. The minimum Gasteiger partial charge on any atom is -0.363 e. The van der Waals surface area contributed by atoms with Crippen LogP contribution in [0.15, 0.2) is 72.8 Å². The Balaban J connectivity index is 1.71. The minimum atomic E-state index is 0.133. The van der Waals surface area contributed by atoms with E-state index in [9.17, 15) is 0 Å². The summed E-state index contributed by atoms with van der Waals surface area (Å²) in [6.45, 7) is 6.33. The van der Waals surface area contributed by atoms with Gasteiger partial charge in [0.05, 0.1) is 5.52 Å². The second kappa shape index (κ2) is 7.69. The molecule has 0 saturated carbocycles. The lowest BCUT2D eigenvalue weighted by atomic mass is 10.1. The number of anilines is 3. The fourth-order valence-corrected chi connectivity index (χ4v) is 3.35. The summed E-state index contributed by atoms with van der Waals surface area (Å²) in [5.74, 6) is 1.42. The van der Waals surface area contributed by atoms with E-state index in [1.807, 2.05) is 24.3 Å². The van der Waals surface area contributed by atoms with E-state index in [1.165, 1.54) is 16.7 Å². The lowest BCUT2D eigenvalue weighted by molar-refractivity contribution is 0.876. The van der Waals surface area contributed by atoms with E-state index in [2.05, 4.69) is 79.9 Å². The molecule has 1 heterocycles. The third-order valence-electron chi connectivity index (χ3n) is 4.88. The first-order chi connectivity index (χ1) is 13.6. The maximum atomic E-state index is 4.79. The zero-order chi connectivity index (χ0) is 19.5. The zero-order valence-corrected chi connectivity index (χ0v) is 16.4. The van der Waals surface area contributed by atoms with Gasteiger partial charge in [0.1, 0.15) is 5.82 Å². The van der Waals surface area contributed by atoms with Gasteiger partial charge in [-0.1, -0.05) is 60.2 Å². The highest BCUT2D eigenvalue weighted by molar-refractivity contribution is 5.90. The van der Waals surface area contributed by atoms with E-state index >= 15 is 0 Å². The Kier molecular flexibility index (Phi) is 4.94. The van der Waals surface area contributed by atoms with Crippen molar-refractivity contribution in [2.75, 3.05) is 10.6 Å². The molecule has 0 aliphatic carbocycles. The van der Waals surface area contributed by atoms with Crippen LogP contribution in [-0.4, -0.2) is 9.97 Å². The molecule has 1 aromatic heterocycles. The third kappa shape index (κ3) is 3.81. The van der Waals surface area contributed by atoms with Gasteiger partial charge in [0.15, 0.2) is 0 Å². The number of hydrogen-bond acceptors (Lipinski definition) is 4. The Labute approximate surface area is 165 Å². The molecular formula is C24H24N4. The Morgan fingerprint density at radius 3 is 2.36 bits per heavy atom. The first-order valence-electron chi connectivity index (χ1n) is 9.53. The molecule has 2 N–H and O–H groups in total. The van der Waals surface area contributed by atoms with Gasteiger partial charge in [-0.25, -0.2) is 4.98 Å². The Hall–Kier alpha value is -3.40. The van der Waals surface area contributed by atoms with Gasteiger partial charge >= 0.3 is 0 Å². The monoisotopic (exact) mass is 368 g/mol. The number of benzene rings is 3. The lowest BCUT2D eigenvalue weighted by Crippen LogP contribution is -2.10. The average molecular weight is 368 g/mol. The second-order valence-electron chi connectivity index (χ2n) is 7.13. The molecule has 3 aromatic carbocycles. The molecule has 0 aliphatic heterocycles. The van der Waals surface area contributed by atoms with Gasteiger partial charge < -0.3 is 10.6 Å². The van der Waals surface area contributed by atoms with E-state index in [1.54, 1.807) is 0 Å². The van der Waals surface area contributed by atoms with Crippen molar-refractivity contribution in [3.63, 3.8) is 0 Å². The van der Waals surface area contributed by atoms with E-state index in [0.717, 1.165) is 22.4 Å². The summed E-state index contributed by atoms with van der Waals surface area (Å²) < 4.78 is 0. The SMILES string of the molecule is Cc1ccc(Nc2nc(NC(C)c3ccccc3)c3ccccc3n2)c(C)c1. The summed E-state index contributed by atoms with van der Waals surface area (Å²) in [6.07, 6.45) is 0. The fraction of sp³-hybridized carbons (Fsp3) is 0.167. The van der Waals surface area contributed by atoms with Crippen molar-refractivity contribution in [2.45, 2.75) is 26.8 Å². The molecule has 4 rings (SSSR count). The molecule has 0 radical (unpaired) electrons. The summed E-state index contributed by atoms with van der Waals surface area (Å²) in [4.78, 5) is 9.50. The molecule has 4 aromatic rings. The van der Waals surface area contributed by atoms with Crippen molar-refractivity contribution in [2.24, 2.45) is 0 Å². The van der Waals surface area contributed by atoms with Crippen molar-refractivity contribution in [3.05, 3.63) is 89.5 Å². The van der Waals surface area contributed by atoms with Gasteiger partial charge in [0, 0.05) is 17.1 Å². The number of nitrogens with one attached hydrogen (secondary N) is 2. The fourth-order valence-electron chi connectivity index (χ4n) is 3.35. The Morgan fingerprint density at radius 2 is 1.57 bits per heavy atom. The van der Waals surface area contributed by atoms with Crippen LogP contribution in [-0.2, 0) is 0 Å². The molecule has 140 valence electrons. The quantitative estimate of drug-likeness (QED) is 0.443. The number of fused-ring (bicyclic) bond motifs is 1. The van der Waals surface area contributed by atoms with Crippen LogP contribution in [0.2, 0.25) is 0 Å². The maximum absolute atomic E-state index is 4.79. The molecule has 0 saturated heterocycles. The Morgan fingerprint density at radius 1 is 0.821 bits per heavy atom. The van der Waals surface area contributed by atoms with Crippen LogP contribution in [0.25, 0.3) is 10.9 Å². The van der Waals surface area contributed by atoms with Crippen LogP contribution < -0.4 is 10.6 Å².